The van der Waals surface area contributed by atoms with Crippen molar-refractivity contribution in [2.75, 3.05) is 20.5 Å². The zero-order chi connectivity index (χ0) is 14.3. The Morgan fingerprint density at radius 1 is 1.68 bits per heavy atom. The van der Waals surface area contributed by atoms with E-state index in [9.17, 15) is 4.79 Å². The molecule has 0 saturated heterocycles. The number of ether oxygens (including phenoxy) is 3. The summed E-state index contributed by atoms with van der Waals surface area (Å²) in [6.45, 7) is 2.03. The van der Waals surface area contributed by atoms with E-state index in [-0.39, 0.29) is 19.8 Å². The summed E-state index contributed by atoms with van der Waals surface area (Å²) in [5.74, 6) is -0.446. The number of carbonyl (C=O) groups is 1. The molecule has 0 amide bonds. The number of carbonyl (C=O) groups excluding carboxylic acids is 1. The second-order valence-corrected chi connectivity index (χ2v) is 4.00. The molecule has 0 unspecified atom stereocenters. The molecule has 0 aromatic carbocycles. The third-order valence-electron chi connectivity index (χ3n) is 2.73. The molecular formula is C11H18N4O4. The van der Waals surface area contributed by atoms with Crippen molar-refractivity contribution in [2.45, 2.75) is 31.5 Å². The SMILES string of the molecule is CCOC(=O)C1=C[C@@H](OCOC)[C@H](N)[C@@H](N=[N+]=[N-])C1. The highest BCUT2D eigenvalue weighted by Gasteiger charge is 2.33. The lowest BCUT2D eigenvalue weighted by molar-refractivity contribution is -0.139. The summed E-state index contributed by atoms with van der Waals surface area (Å²) in [5, 5.41) is 3.60. The number of hydrogen-bond donors (Lipinski definition) is 1. The maximum absolute atomic E-state index is 11.7. The molecule has 0 aromatic rings. The van der Waals surface area contributed by atoms with E-state index in [0.717, 1.165) is 0 Å². The molecule has 0 saturated carbocycles. The topological polar surface area (TPSA) is 120 Å². The van der Waals surface area contributed by atoms with Gasteiger partial charge in [-0.25, -0.2) is 4.79 Å². The van der Waals surface area contributed by atoms with Gasteiger partial charge in [0.15, 0.2) is 0 Å². The lowest BCUT2D eigenvalue weighted by Gasteiger charge is -2.31. The third kappa shape index (κ3) is 4.22. The van der Waals surface area contributed by atoms with Crippen LogP contribution >= 0.6 is 0 Å². The number of azide groups is 1. The van der Waals surface area contributed by atoms with E-state index in [1.165, 1.54) is 7.11 Å². The third-order valence-corrected chi connectivity index (χ3v) is 2.73. The average Bonchev–Trinajstić information content (AvgIpc) is 2.40. The van der Waals surface area contributed by atoms with Crippen LogP contribution in [0.3, 0.4) is 0 Å². The zero-order valence-corrected chi connectivity index (χ0v) is 11.0. The van der Waals surface area contributed by atoms with E-state index < -0.39 is 24.2 Å². The van der Waals surface area contributed by atoms with Crippen LogP contribution in [0.4, 0.5) is 0 Å². The Labute approximate surface area is 111 Å². The van der Waals surface area contributed by atoms with Gasteiger partial charge in [-0.15, -0.1) is 0 Å². The van der Waals surface area contributed by atoms with Gasteiger partial charge in [0.25, 0.3) is 0 Å². The molecule has 0 heterocycles. The van der Waals surface area contributed by atoms with E-state index in [4.69, 9.17) is 25.5 Å². The van der Waals surface area contributed by atoms with Crippen LogP contribution < -0.4 is 5.73 Å². The van der Waals surface area contributed by atoms with Gasteiger partial charge in [-0.05, 0) is 25.0 Å². The lowest BCUT2D eigenvalue weighted by atomic mass is 9.89. The number of methoxy groups -OCH3 is 1. The minimum Gasteiger partial charge on any atom is -0.463 e. The van der Waals surface area contributed by atoms with E-state index >= 15 is 0 Å². The van der Waals surface area contributed by atoms with Crippen molar-refractivity contribution in [3.8, 4) is 0 Å². The fourth-order valence-electron chi connectivity index (χ4n) is 1.82. The minimum absolute atomic E-state index is 0.0357. The van der Waals surface area contributed by atoms with Crippen molar-refractivity contribution in [2.24, 2.45) is 10.8 Å². The highest BCUT2D eigenvalue weighted by molar-refractivity contribution is 5.89. The Balaban J connectivity index is 2.89. The summed E-state index contributed by atoms with van der Waals surface area (Å²) in [7, 11) is 1.48. The van der Waals surface area contributed by atoms with Crippen LogP contribution in [-0.2, 0) is 19.0 Å². The van der Waals surface area contributed by atoms with Crippen molar-refractivity contribution < 1.29 is 19.0 Å². The Morgan fingerprint density at radius 2 is 2.42 bits per heavy atom. The zero-order valence-electron chi connectivity index (χ0n) is 11.0. The average molecular weight is 270 g/mol. The molecular weight excluding hydrogens is 252 g/mol. The molecule has 19 heavy (non-hydrogen) atoms. The fraction of sp³-hybridized carbons (Fsp3) is 0.727. The number of nitrogens with two attached hydrogens (primary N) is 1. The van der Waals surface area contributed by atoms with E-state index in [2.05, 4.69) is 10.0 Å². The highest BCUT2D eigenvalue weighted by atomic mass is 16.7. The molecule has 0 fully saturated rings. The number of nitrogens with zero attached hydrogens (tertiary/aromatic N) is 3. The molecule has 0 aliphatic heterocycles. The quantitative estimate of drug-likeness (QED) is 0.252. The number of rotatable bonds is 6. The Hall–Kier alpha value is -1.60. The van der Waals surface area contributed by atoms with Crippen molar-refractivity contribution in [3.63, 3.8) is 0 Å². The van der Waals surface area contributed by atoms with Crippen LogP contribution in [0.2, 0.25) is 0 Å². The normalized spacial score (nSPS) is 26.3. The van der Waals surface area contributed by atoms with E-state index in [0.29, 0.717) is 5.57 Å². The van der Waals surface area contributed by atoms with Crippen molar-refractivity contribution >= 4 is 5.97 Å². The Morgan fingerprint density at radius 3 is 3.00 bits per heavy atom. The summed E-state index contributed by atoms with van der Waals surface area (Å²) in [5.41, 5.74) is 14.9. The fourth-order valence-corrected chi connectivity index (χ4v) is 1.82. The molecule has 2 N–H and O–H groups in total. The first kappa shape index (κ1) is 15.5. The molecule has 1 rings (SSSR count). The van der Waals surface area contributed by atoms with Gasteiger partial charge in [0.05, 0.1) is 18.8 Å². The van der Waals surface area contributed by atoms with Crippen molar-refractivity contribution in [1.82, 2.24) is 0 Å². The molecule has 0 radical (unpaired) electrons. The summed E-state index contributed by atoms with van der Waals surface area (Å²) in [6.07, 6.45) is 1.30. The molecule has 0 bridgehead atoms. The number of esters is 1. The van der Waals surface area contributed by atoms with Gasteiger partial charge in [-0.3, -0.25) is 0 Å². The molecule has 8 heteroatoms. The molecule has 1 aliphatic rings. The van der Waals surface area contributed by atoms with Gasteiger partial charge in [0, 0.05) is 23.6 Å². The van der Waals surface area contributed by atoms with Crippen molar-refractivity contribution in [3.05, 3.63) is 22.1 Å². The molecule has 8 nitrogen and oxygen atoms in total. The highest BCUT2D eigenvalue weighted by Crippen LogP contribution is 2.24. The van der Waals surface area contributed by atoms with E-state index in [1.807, 2.05) is 0 Å². The second-order valence-electron chi connectivity index (χ2n) is 4.00. The van der Waals surface area contributed by atoms with Gasteiger partial charge in [-0.1, -0.05) is 5.11 Å². The van der Waals surface area contributed by atoms with Gasteiger partial charge >= 0.3 is 5.97 Å². The summed E-state index contributed by atoms with van der Waals surface area (Å²) in [6, 6.07) is -1.07. The Kier molecular flexibility index (Phi) is 6.31. The van der Waals surface area contributed by atoms with Crippen LogP contribution in [0.1, 0.15) is 13.3 Å². The molecule has 0 aromatic heterocycles. The monoisotopic (exact) mass is 270 g/mol. The standard InChI is InChI=1S/C11H18N4O4/c1-3-18-11(16)7-4-8(14-15-13)10(12)9(5-7)19-6-17-2/h5,8-10H,3-4,6,12H2,1-2H3/t8-,9+,10+/m0/s1. The first-order chi connectivity index (χ1) is 9.13. The smallest absolute Gasteiger partial charge is 0.333 e. The van der Waals surface area contributed by atoms with Crippen LogP contribution in [0.5, 0.6) is 0 Å². The van der Waals surface area contributed by atoms with Crippen LogP contribution in [0.25, 0.3) is 10.4 Å². The van der Waals surface area contributed by atoms with Crippen LogP contribution in [-0.4, -0.2) is 44.7 Å². The maximum atomic E-state index is 11.7. The van der Waals surface area contributed by atoms with Gasteiger partial charge in [-0.2, -0.15) is 0 Å². The van der Waals surface area contributed by atoms with Gasteiger partial charge in [0.1, 0.15) is 6.79 Å². The van der Waals surface area contributed by atoms with Crippen molar-refractivity contribution in [1.29, 1.82) is 0 Å². The largest absolute Gasteiger partial charge is 0.463 e. The first-order valence-electron chi connectivity index (χ1n) is 5.92. The van der Waals surface area contributed by atoms with Crippen LogP contribution in [0, 0.1) is 0 Å². The first-order valence-corrected chi connectivity index (χ1v) is 5.92. The molecule has 0 spiro atoms. The Bertz CT molecular complexity index is 392. The molecule has 1 aliphatic carbocycles. The second kappa shape index (κ2) is 7.75. The summed E-state index contributed by atoms with van der Waals surface area (Å²) < 4.78 is 15.1. The lowest BCUT2D eigenvalue weighted by Crippen LogP contribution is -2.48. The molecule has 106 valence electrons. The van der Waals surface area contributed by atoms with E-state index in [1.54, 1.807) is 13.0 Å². The number of hydrogen-bond acceptors (Lipinski definition) is 6. The maximum Gasteiger partial charge on any atom is 0.333 e. The minimum atomic E-state index is -0.552. The molecule has 3 atom stereocenters. The summed E-state index contributed by atoms with van der Waals surface area (Å²) >= 11 is 0. The predicted octanol–water partition coefficient (Wildman–Crippen LogP) is 0.875. The summed E-state index contributed by atoms with van der Waals surface area (Å²) in [4.78, 5) is 14.5. The predicted molar refractivity (Wildman–Crippen MR) is 67.0 cm³/mol. The van der Waals surface area contributed by atoms with Gasteiger partial charge in [0.2, 0.25) is 0 Å². The van der Waals surface area contributed by atoms with Crippen LogP contribution in [0.15, 0.2) is 16.8 Å². The van der Waals surface area contributed by atoms with Gasteiger partial charge < -0.3 is 19.9 Å².